The molecule has 0 unspecified atom stereocenters. The SMILES string of the molecule is Cc1cc2nc3c(nc2cc1C)[C@H]1C[C@H](Br)CC[C@@H]1N3. The molecule has 2 aromatic rings. The Morgan fingerprint density at radius 1 is 1.10 bits per heavy atom. The molecule has 1 aromatic carbocycles. The second kappa shape index (κ2) is 4.42. The van der Waals surface area contributed by atoms with Gasteiger partial charge in [-0.3, -0.25) is 0 Å². The molecule has 0 radical (unpaired) electrons. The molecule has 1 aliphatic carbocycles. The highest BCUT2D eigenvalue weighted by Gasteiger charge is 2.39. The number of hydrogen-bond acceptors (Lipinski definition) is 3. The van der Waals surface area contributed by atoms with Crippen molar-refractivity contribution in [2.45, 2.75) is 49.9 Å². The molecule has 104 valence electrons. The van der Waals surface area contributed by atoms with Crippen LogP contribution >= 0.6 is 15.9 Å². The first-order chi connectivity index (χ1) is 9.61. The zero-order valence-corrected chi connectivity index (χ0v) is 13.4. The summed E-state index contributed by atoms with van der Waals surface area (Å²) in [7, 11) is 0. The van der Waals surface area contributed by atoms with Crippen LogP contribution < -0.4 is 5.32 Å². The van der Waals surface area contributed by atoms with E-state index in [2.05, 4.69) is 47.2 Å². The van der Waals surface area contributed by atoms with E-state index in [0.29, 0.717) is 16.8 Å². The second-order valence-electron chi connectivity index (χ2n) is 6.15. The molecule has 3 nitrogen and oxygen atoms in total. The molecule has 4 heteroatoms. The van der Waals surface area contributed by atoms with Crippen LogP contribution in [0.25, 0.3) is 11.0 Å². The lowest BCUT2D eigenvalue weighted by Crippen LogP contribution is -2.28. The largest absolute Gasteiger partial charge is 0.365 e. The Morgan fingerprint density at radius 3 is 2.55 bits per heavy atom. The molecule has 0 spiro atoms. The topological polar surface area (TPSA) is 37.8 Å². The number of halogens is 1. The zero-order chi connectivity index (χ0) is 13.9. The summed E-state index contributed by atoms with van der Waals surface area (Å²) in [5.74, 6) is 1.53. The first-order valence-corrected chi connectivity index (χ1v) is 8.23. The van der Waals surface area contributed by atoms with Crippen LogP contribution in [0.5, 0.6) is 0 Å². The zero-order valence-electron chi connectivity index (χ0n) is 11.8. The Morgan fingerprint density at radius 2 is 1.80 bits per heavy atom. The van der Waals surface area contributed by atoms with Crippen LogP contribution in [0.4, 0.5) is 5.82 Å². The summed E-state index contributed by atoms with van der Waals surface area (Å²) in [5, 5.41) is 3.59. The predicted octanol–water partition coefficient (Wildman–Crippen LogP) is 4.07. The number of fused-ring (bicyclic) bond motifs is 4. The van der Waals surface area contributed by atoms with Crippen molar-refractivity contribution in [2.75, 3.05) is 5.32 Å². The maximum absolute atomic E-state index is 4.93. The van der Waals surface area contributed by atoms with E-state index < -0.39 is 0 Å². The number of anilines is 1. The van der Waals surface area contributed by atoms with Gasteiger partial charge in [0.05, 0.1) is 16.7 Å². The van der Waals surface area contributed by atoms with Crippen molar-refractivity contribution >= 4 is 32.8 Å². The normalized spacial score (nSPS) is 28.1. The summed E-state index contributed by atoms with van der Waals surface area (Å²) in [6, 6.07) is 4.84. The molecule has 1 N–H and O–H groups in total. The van der Waals surface area contributed by atoms with Crippen molar-refractivity contribution in [1.82, 2.24) is 9.97 Å². The van der Waals surface area contributed by atoms with Crippen LogP contribution in [0, 0.1) is 13.8 Å². The molecule has 0 amide bonds. The minimum Gasteiger partial charge on any atom is -0.365 e. The highest BCUT2D eigenvalue weighted by Crippen LogP contribution is 2.44. The molecule has 2 heterocycles. The van der Waals surface area contributed by atoms with Crippen molar-refractivity contribution in [1.29, 1.82) is 0 Å². The van der Waals surface area contributed by atoms with Gasteiger partial charge < -0.3 is 5.32 Å². The lowest BCUT2D eigenvalue weighted by atomic mass is 9.85. The average Bonchev–Trinajstić information content (AvgIpc) is 2.75. The Kier molecular flexibility index (Phi) is 2.78. The lowest BCUT2D eigenvalue weighted by Gasteiger charge is -2.28. The van der Waals surface area contributed by atoms with Crippen LogP contribution in [-0.4, -0.2) is 20.8 Å². The van der Waals surface area contributed by atoms with Crippen molar-refractivity contribution in [3.8, 4) is 0 Å². The summed E-state index contributed by atoms with van der Waals surface area (Å²) in [5.41, 5.74) is 5.79. The highest BCUT2D eigenvalue weighted by atomic mass is 79.9. The third kappa shape index (κ3) is 1.85. The summed E-state index contributed by atoms with van der Waals surface area (Å²) in [6.07, 6.45) is 3.60. The number of benzene rings is 1. The van der Waals surface area contributed by atoms with E-state index in [1.165, 1.54) is 29.7 Å². The Balaban J connectivity index is 1.86. The van der Waals surface area contributed by atoms with Gasteiger partial charge in [0, 0.05) is 16.8 Å². The lowest BCUT2D eigenvalue weighted by molar-refractivity contribution is 0.430. The first-order valence-electron chi connectivity index (χ1n) is 7.31. The smallest absolute Gasteiger partial charge is 0.149 e. The monoisotopic (exact) mass is 331 g/mol. The fraction of sp³-hybridized carbons (Fsp3) is 0.500. The van der Waals surface area contributed by atoms with Crippen LogP contribution in [-0.2, 0) is 0 Å². The van der Waals surface area contributed by atoms with Crippen LogP contribution in [0.1, 0.15) is 42.0 Å². The summed E-state index contributed by atoms with van der Waals surface area (Å²) < 4.78 is 0. The van der Waals surface area contributed by atoms with Crippen molar-refractivity contribution in [2.24, 2.45) is 0 Å². The molecule has 4 rings (SSSR count). The minimum atomic E-state index is 0.515. The van der Waals surface area contributed by atoms with Gasteiger partial charge in [-0.2, -0.15) is 0 Å². The Labute approximate surface area is 127 Å². The van der Waals surface area contributed by atoms with Gasteiger partial charge in [0.15, 0.2) is 0 Å². The molecule has 20 heavy (non-hydrogen) atoms. The Hall–Kier alpha value is -1.16. The van der Waals surface area contributed by atoms with Gasteiger partial charge in [-0.25, -0.2) is 9.97 Å². The van der Waals surface area contributed by atoms with Gasteiger partial charge in [-0.15, -0.1) is 0 Å². The van der Waals surface area contributed by atoms with Gasteiger partial charge in [0.2, 0.25) is 0 Å². The van der Waals surface area contributed by atoms with Crippen LogP contribution in [0.15, 0.2) is 12.1 Å². The summed E-state index contributed by atoms with van der Waals surface area (Å²) >= 11 is 3.77. The van der Waals surface area contributed by atoms with Crippen molar-refractivity contribution in [3.05, 3.63) is 29.0 Å². The molecule has 3 atom stereocenters. The van der Waals surface area contributed by atoms with Gasteiger partial charge >= 0.3 is 0 Å². The van der Waals surface area contributed by atoms with E-state index >= 15 is 0 Å². The van der Waals surface area contributed by atoms with E-state index in [4.69, 9.17) is 9.97 Å². The fourth-order valence-electron chi connectivity index (χ4n) is 3.46. The number of aryl methyl sites for hydroxylation is 2. The van der Waals surface area contributed by atoms with Crippen molar-refractivity contribution < 1.29 is 0 Å². The van der Waals surface area contributed by atoms with Gasteiger partial charge in [-0.1, -0.05) is 15.9 Å². The third-order valence-corrected chi connectivity index (χ3v) is 5.60. The average molecular weight is 332 g/mol. The number of nitrogens with one attached hydrogen (secondary N) is 1. The number of alkyl halides is 1. The summed E-state index contributed by atoms with van der Waals surface area (Å²) in [4.78, 5) is 10.4. The Bertz CT molecular complexity index is 698. The van der Waals surface area contributed by atoms with Crippen LogP contribution in [0.3, 0.4) is 0 Å². The number of nitrogens with zero attached hydrogens (tertiary/aromatic N) is 2. The quantitative estimate of drug-likeness (QED) is 0.739. The molecule has 2 aliphatic rings. The number of aromatic nitrogens is 2. The molecular formula is C16H18BrN3. The maximum Gasteiger partial charge on any atom is 0.149 e. The minimum absolute atomic E-state index is 0.515. The molecule has 1 fully saturated rings. The number of rotatable bonds is 0. The molecule has 1 aliphatic heterocycles. The van der Waals surface area contributed by atoms with E-state index in [1.54, 1.807) is 0 Å². The maximum atomic E-state index is 4.93. The molecule has 0 saturated heterocycles. The third-order valence-electron chi connectivity index (χ3n) is 4.77. The van der Waals surface area contributed by atoms with E-state index in [1.807, 2.05) is 0 Å². The van der Waals surface area contributed by atoms with Gasteiger partial charge in [0.1, 0.15) is 5.82 Å². The summed E-state index contributed by atoms with van der Waals surface area (Å²) in [6.45, 7) is 4.27. The van der Waals surface area contributed by atoms with E-state index in [9.17, 15) is 0 Å². The second-order valence-corrected chi connectivity index (χ2v) is 7.45. The highest BCUT2D eigenvalue weighted by molar-refractivity contribution is 9.09. The molecule has 1 saturated carbocycles. The molecule has 1 aromatic heterocycles. The van der Waals surface area contributed by atoms with Crippen molar-refractivity contribution in [3.63, 3.8) is 0 Å². The van der Waals surface area contributed by atoms with E-state index in [0.717, 1.165) is 23.3 Å². The predicted molar refractivity (Wildman–Crippen MR) is 85.7 cm³/mol. The first kappa shape index (κ1) is 12.6. The van der Waals surface area contributed by atoms with Crippen LogP contribution in [0.2, 0.25) is 0 Å². The fourth-order valence-corrected chi connectivity index (χ4v) is 4.13. The number of hydrogen-bond donors (Lipinski definition) is 1. The van der Waals surface area contributed by atoms with E-state index in [-0.39, 0.29) is 0 Å². The van der Waals surface area contributed by atoms with Gasteiger partial charge in [0.25, 0.3) is 0 Å². The molecular weight excluding hydrogens is 314 g/mol. The van der Waals surface area contributed by atoms with Gasteiger partial charge in [-0.05, 0) is 56.4 Å². The molecule has 0 bridgehead atoms. The standard InChI is InChI=1S/C16H18BrN3/c1-8-5-13-14(6-9(8)2)20-16-15(18-13)11-7-10(17)3-4-12(11)19-16/h5-6,10-12H,3-4,7H2,1-2H3,(H,19,20)/t10-,11+,12+/m1/s1.